The van der Waals surface area contributed by atoms with Gasteiger partial charge in [0, 0.05) is 34.8 Å². The van der Waals surface area contributed by atoms with E-state index in [0.717, 1.165) is 21.4 Å². The molecule has 0 unspecified atom stereocenters. The van der Waals surface area contributed by atoms with E-state index < -0.39 is 0 Å². The minimum Gasteiger partial charge on any atom is -0.374 e. The Morgan fingerprint density at radius 1 is 1.46 bits per heavy atom. The lowest BCUT2D eigenvalue weighted by Crippen LogP contribution is -2.28. The van der Waals surface area contributed by atoms with Crippen molar-refractivity contribution in [2.24, 2.45) is 0 Å². The lowest BCUT2D eigenvalue weighted by Gasteiger charge is -2.26. The molecule has 68 valence electrons. The van der Waals surface area contributed by atoms with Crippen LogP contribution in [0.15, 0.2) is 18.2 Å². The molecule has 0 fully saturated rings. The molecule has 0 saturated heterocycles. The van der Waals surface area contributed by atoms with Crippen molar-refractivity contribution >= 4 is 34.1 Å². The Hall–Kier alpha value is -0.580. The largest absolute Gasteiger partial charge is 0.374 e. The van der Waals surface area contributed by atoms with Crippen molar-refractivity contribution in [3.8, 4) is 0 Å². The molecular weight excluding hydrogens is 277 g/mol. The van der Waals surface area contributed by atoms with Crippen molar-refractivity contribution in [1.29, 1.82) is 0 Å². The highest BCUT2D eigenvalue weighted by Crippen LogP contribution is 2.27. The number of halogens is 1. The van der Waals surface area contributed by atoms with Crippen LogP contribution >= 0.6 is 22.6 Å². The number of anilines is 1. The zero-order valence-corrected chi connectivity index (χ0v) is 9.54. The molecule has 2 nitrogen and oxygen atoms in total. The van der Waals surface area contributed by atoms with Crippen LogP contribution < -0.4 is 4.90 Å². The summed E-state index contributed by atoms with van der Waals surface area (Å²) < 4.78 is 1.13. The van der Waals surface area contributed by atoms with E-state index in [4.69, 9.17) is 0 Å². The topological polar surface area (TPSA) is 20.3 Å². The number of hydrogen-bond donors (Lipinski definition) is 0. The Morgan fingerprint density at radius 2 is 2.23 bits per heavy atom. The SMILES string of the molecule is CN1CCC(=O)c2cc(I)ccc21. The second kappa shape index (κ2) is 3.29. The maximum Gasteiger partial charge on any atom is 0.166 e. The number of Topliss-reactive ketones (excluding diaryl/α,β-unsaturated/α-hetero) is 1. The van der Waals surface area contributed by atoms with Gasteiger partial charge in [-0.15, -0.1) is 0 Å². The van der Waals surface area contributed by atoms with Crippen LogP contribution in [-0.4, -0.2) is 19.4 Å². The van der Waals surface area contributed by atoms with E-state index in [-0.39, 0.29) is 5.78 Å². The molecule has 0 radical (unpaired) electrons. The fourth-order valence-electron chi connectivity index (χ4n) is 1.59. The second-order valence-electron chi connectivity index (χ2n) is 3.26. The Morgan fingerprint density at radius 3 is 3.00 bits per heavy atom. The average molecular weight is 287 g/mol. The van der Waals surface area contributed by atoms with Crippen LogP contribution in [0.3, 0.4) is 0 Å². The Balaban J connectivity index is 2.57. The number of ketones is 1. The number of fused-ring (bicyclic) bond motifs is 1. The van der Waals surface area contributed by atoms with Crippen molar-refractivity contribution in [2.45, 2.75) is 6.42 Å². The lowest BCUT2D eigenvalue weighted by atomic mass is 10.0. The summed E-state index contributed by atoms with van der Waals surface area (Å²) in [7, 11) is 2.03. The van der Waals surface area contributed by atoms with Gasteiger partial charge in [-0.05, 0) is 40.8 Å². The first kappa shape index (κ1) is 8.99. The predicted octanol–water partition coefficient (Wildman–Crippen LogP) is 2.31. The van der Waals surface area contributed by atoms with Gasteiger partial charge in [0.05, 0.1) is 0 Å². The smallest absolute Gasteiger partial charge is 0.166 e. The van der Waals surface area contributed by atoms with E-state index in [0.29, 0.717) is 6.42 Å². The maximum absolute atomic E-state index is 11.6. The second-order valence-corrected chi connectivity index (χ2v) is 4.50. The Bertz CT molecular complexity index is 362. The summed E-state index contributed by atoms with van der Waals surface area (Å²) in [5, 5.41) is 0. The molecule has 1 aromatic rings. The van der Waals surface area contributed by atoms with Crippen molar-refractivity contribution in [3.05, 3.63) is 27.3 Å². The van der Waals surface area contributed by atoms with E-state index >= 15 is 0 Å². The first-order chi connectivity index (χ1) is 6.18. The highest BCUT2D eigenvalue weighted by Gasteiger charge is 2.20. The molecule has 0 atom stereocenters. The predicted molar refractivity (Wildman–Crippen MR) is 61.4 cm³/mol. The number of benzene rings is 1. The molecule has 0 bridgehead atoms. The fourth-order valence-corrected chi connectivity index (χ4v) is 2.08. The number of nitrogens with zero attached hydrogens (tertiary/aromatic N) is 1. The quantitative estimate of drug-likeness (QED) is 0.682. The molecule has 0 aliphatic carbocycles. The highest BCUT2D eigenvalue weighted by molar-refractivity contribution is 14.1. The van der Waals surface area contributed by atoms with Crippen LogP contribution in [0.4, 0.5) is 5.69 Å². The van der Waals surface area contributed by atoms with Crippen molar-refractivity contribution < 1.29 is 4.79 Å². The van der Waals surface area contributed by atoms with Gasteiger partial charge in [0.25, 0.3) is 0 Å². The van der Waals surface area contributed by atoms with Gasteiger partial charge in [-0.2, -0.15) is 0 Å². The highest BCUT2D eigenvalue weighted by atomic mass is 127. The summed E-state index contributed by atoms with van der Waals surface area (Å²) in [5.74, 6) is 0.270. The number of carbonyl (C=O) groups is 1. The molecule has 13 heavy (non-hydrogen) atoms. The first-order valence-electron chi connectivity index (χ1n) is 4.22. The fraction of sp³-hybridized carbons (Fsp3) is 0.300. The van der Waals surface area contributed by atoms with Gasteiger partial charge < -0.3 is 4.90 Å². The molecule has 0 aromatic heterocycles. The van der Waals surface area contributed by atoms with Gasteiger partial charge in [-0.3, -0.25) is 4.79 Å². The zero-order valence-electron chi connectivity index (χ0n) is 7.38. The van der Waals surface area contributed by atoms with E-state index in [1.54, 1.807) is 0 Å². The minimum atomic E-state index is 0.270. The molecule has 0 N–H and O–H groups in total. The molecule has 0 spiro atoms. The van der Waals surface area contributed by atoms with Crippen LogP contribution in [-0.2, 0) is 0 Å². The molecule has 0 saturated carbocycles. The Labute approximate surface area is 91.1 Å². The van der Waals surface area contributed by atoms with E-state index in [2.05, 4.69) is 27.5 Å². The molecule has 3 heteroatoms. The summed E-state index contributed by atoms with van der Waals surface area (Å²) in [6.45, 7) is 0.840. The van der Waals surface area contributed by atoms with Crippen molar-refractivity contribution in [1.82, 2.24) is 0 Å². The Kier molecular flexibility index (Phi) is 2.27. The van der Waals surface area contributed by atoms with Gasteiger partial charge >= 0.3 is 0 Å². The van der Waals surface area contributed by atoms with Crippen molar-refractivity contribution in [3.63, 3.8) is 0 Å². The van der Waals surface area contributed by atoms with Crippen LogP contribution in [0.1, 0.15) is 16.8 Å². The minimum absolute atomic E-state index is 0.270. The molecule has 0 amide bonds. The normalized spacial score (nSPS) is 15.8. The molecule has 1 aliphatic heterocycles. The van der Waals surface area contributed by atoms with Crippen molar-refractivity contribution in [2.75, 3.05) is 18.5 Å². The number of rotatable bonds is 0. The molecule has 1 aromatic carbocycles. The summed E-state index contributed by atoms with van der Waals surface area (Å²) in [5.41, 5.74) is 1.94. The van der Waals surface area contributed by atoms with Gasteiger partial charge in [0.2, 0.25) is 0 Å². The summed E-state index contributed by atoms with van der Waals surface area (Å²) in [6, 6.07) is 6.02. The molecule has 1 heterocycles. The van der Waals surface area contributed by atoms with Crippen LogP contribution in [0.25, 0.3) is 0 Å². The van der Waals surface area contributed by atoms with Gasteiger partial charge in [-0.1, -0.05) is 0 Å². The van der Waals surface area contributed by atoms with Gasteiger partial charge in [-0.25, -0.2) is 0 Å². The molecule has 2 rings (SSSR count). The van der Waals surface area contributed by atoms with Crippen LogP contribution in [0, 0.1) is 3.57 Å². The van der Waals surface area contributed by atoms with Crippen LogP contribution in [0.2, 0.25) is 0 Å². The molecule has 1 aliphatic rings. The van der Waals surface area contributed by atoms with E-state index in [1.165, 1.54) is 0 Å². The van der Waals surface area contributed by atoms with Gasteiger partial charge in [0.15, 0.2) is 5.78 Å². The van der Waals surface area contributed by atoms with Crippen LogP contribution in [0.5, 0.6) is 0 Å². The average Bonchev–Trinajstić information content (AvgIpc) is 2.12. The van der Waals surface area contributed by atoms with Gasteiger partial charge in [0.1, 0.15) is 0 Å². The third-order valence-corrected chi connectivity index (χ3v) is 3.02. The number of hydrogen-bond acceptors (Lipinski definition) is 2. The first-order valence-corrected chi connectivity index (χ1v) is 5.30. The third kappa shape index (κ3) is 1.57. The van der Waals surface area contributed by atoms with E-state index in [9.17, 15) is 4.79 Å². The van der Waals surface area contributed by atoms with E-state index in [1.807, 2.05) is 25.2 Å². The summed E-state index contributed by atoms with van der Waals surface area (Å²) in [6.07, 6.45) is 0.642. The summed E-state index contributed by atoms with van der Waals surface area (Å²) in [4.78, 5) is 13.7. The maximum atomic E-state index is 11.6. The standard InChI is InChI=1S/C10H10INO/c1-12-5-4-10(13)8-6-7(11)2-3-9(8)12/h2-3,6H,4-5H2,1H3. The third-order valence-electron chi connectivity index (χ3n) is 2.34. The number of carbonyl (C=O) groups excluding carboxylic acids is 1. The lowest BCUT2D eigenvalue weighted by molar-refractivity contribution is 0.0980. The monoisotopic (exact) mass is 287 g/mol. The summed E-state index contributed by atoms with van der Waals surface area (Å²) >= 11 is 2.23. The molecular formula is C10H10INO. The zero-order chi connectivity index (χ0) is 9.42.